The smallest absolute Gasteiger partial charge is 0.275 e. The van der Waals surface area contributed by atoms with E-state index in [-0.39, 0.29) is 30.6 Å². The zero-order valence-electron chi connectivity index (χ0n) is 15.4. The average Bonchev–Trinajstić information content (AvgIpc) is 3.24. The number of rotatable bonds is 6. The molecule has 9 nitrogen and oxygen atoms in total. The summed E-state index contributed by atoms with van der Waals surface area (Å²) in [7, 11) is 0. The van der Waals surface area contributed by atoms with E-state index in [2.05, 4.69) is 15.4 Å². The summed E-state index contributed by atoms with van der Waals surface area (Å²) in [5.74, 6) is -0.333. The number of ether oxygens (including phenoxy) is 1. The van der Waals surface area contributed by atoms with Gasteiger partial charge in [-0.2, -0.15) is 5.10 Å². The Morgan fingerprint density at radius 3 is 2.81 bits per heavy atom. The first kappa shape index (κ1) is 19.5. The summed E-state index contributed by atoms with van der Waals surface area (Å²) >= 11 is 1.41. The van der Waals surface area contributed by atoms with Gasteiger partial charge in [0.1, 0.15) is 12.2 Å². The van der Waals surface area contributed by atoms with E-state index >= 15 is 0 Å². The van der Waals surface area contributed by atoms with E-state index < -0.39 is 0 Å². The highest BCUT2D eigenvalue weighted by Crippen LogP contribution is 2.14. The summed E-state index contributed by atoms with van der Waals surface area (Å²) in [6, 6.07) is 0. The van der Waals surface area contributed by atoms with E-state index in [1.807, 2.05) is 13.8 Å². The third-order valence-corrected chi connectivity index (χ3v) is 5.01. The number of nitrogens with one attached hydrogen (secondary N) is 1. The van der Waals surface area contributed by atoms with Crippen molar-refractivity contribution in [2.75, 3.05) is 25.0 Å². The lowest BCUT2D eigenvalue weighted by Crippen LogP contribution is -2.49. The van der Waals surface area contributed by atoms with E-state index in [4.69, 9.17) is 10.5 Å². The van der Waals surface area contributed by atoms with Gasteiger partial charge in [0.25, 0.3) is 5.91 Å². The Morgan fingerprint density at radius 1 is 1.37 bits per heavy atom. The molecule has 0 saturated carbocycles. The van der Waals surface area contributed by atoms with Gasteiger partial charge in [0.2, 0.25) is 5.91 Å². The first-order valence-corrected chi connectivity index (χ1v) is 9.74. The van der Waals surface area contributed by atoms with Crippen molar-refractivity contribution in [3.8, 4) is 0 Å². The number of carbonyl (C=O) groups excluding carboxylic acids is 2. The van der Waals surface area contributed by atoms with Crippen molar-refractivity contribution in [3.05, 3.63) is 28.5 Å². The van der Waals surface area contributed by atoms with Crippen LogP contribution in [0.2, 0.25) is 0 Å². The van der Waals surface area contributed by atoms with Crippen molar-refractivity contribution < 1.29 is 14.3 Å². The molecule has 0 bridgehead atoms. The van der Waals surface area contributed by atoms with Crippen molar-refractivity contribution >= 4 is 28.8 Å². The van der Waals surface area contributed by atoms with Gasteiger partial charge in [0.15, 0.2) is 0 Å². The monoisotopic (exact) mass is 392 g/mol. The topological polar surface area (TPSA) is 115 Å². The van der Waals surface area contributed by atoms with Gasteiger partial charge in [-0.1, -0.05) is 0 Å². The molecule has 146 valence electrons. The molecule has 2 amide bonds. The van der Waals surface area contributed by atoms with Crippen LogP contribution in [-0.2, 0) is 22.5 Å². The number of nitrogens with zero attached hydrogens (tertiary/aromatic N) is 4. The quantitative estimate of drug-likeness (QED) is 0.749. The molecule has 0 aromatic carbocycles. The van der Waals surface area contributed by atoms with Gasteiger partial charge in [-0.3, -0.25) is 14.3 Å². The maximum absolute atomic E-state index is 12.5. The second kappa shape index (κ2) is 8.59. The Kier molecular flexibility index (Phi) is 6.19. The summed E-state index contributed by atoms with van der Waals surface area (Å²) < 4.78 is 7.17. The lowest BCUT2D eigenvalue weighted by Gasteiger charge is -2.35. The van der Waals surface area contributed by atoms with Crippen molar-refractivity contribution in [3.63, 3.8) is 0 Å². The molecule has 2 aromatic rings. The summed E-state index contributed by atoms with van der Waals surface area (Å²) in [4.78, 5) is 30.8. The molecule has 2 atom stereocenters. The van der Waals surface area contributed by atoms with Crippen LogP contribution in [0, 0.1) is 0 Å². The molecule has 0 spiro atoms. The Hall–Kier alpha value is -2.30. The number of amides is 2. The Labute approximate surface area is 161 Å². The second-order valence-corrected chi connectivity index (χ2v) is 7.54. The van der Waals surface area contributed by atoms with E-state index in [1.54, 1.807) is 16.5 Å². The molecule has 2 unspecified atom stereocenters. The number of hydrogen-bond acceptors (Lipinski definition) is 7. The standard InChI is InChI=1S/C17H24N6O3S/c1-11-6-22(7-12(2)26-11)16(24)9-23-8-13(5-19-23)20-17(25)14-10-27-15(21-14)3-4-18/h5,8,10-12H,3-4,6-7,9,18H2,1-2H3,(H,20,25). The molecule has 1 aliphatic heterocycles. The van der Waals surface area contributed by atoms with Crippen molar-refractivity contribution in [2.24, 2.45) is 5.73 Å². The van der Waals surface area contributed by atoms with Crippen LogP contribution in [0.5, 0.6) is 0 Å². The zero-order valence-corrected chi connectivity index (χ0v) is 16.2. The molecule has 1 saturated heterocycles. The molecule has 3 heterocycles. The van der Waals surface area contributed by atoms with E-state index in [0.29, 0.717) is 37.4 Å². The highest BCUT2D eigenvalue weighted by atomic mass is 32.1. The Bertz CT molecular complexity index is 794. The van der Waals surface area contributed by atoms with Gasteiger partial charge < -0.3 is 20.7 Å². The number of carbonyl (C=O) groups is 2. The molecule has 27 heavy (non-hydrogen) atoms. The summed E-state index contributed by atoms with van der Waals surface area (Å²) in [6.07, 6.45) is 3.84. The number of anilines is 1. The van der Waals surface area contributed by atoms with Gasteiger partial charge in [-0.15, -0.1) is 11.3 Å². The maximum Gasteiger partial charge on any atom is 0.275 e. The number of morpholine rings is 1. The average molecular weight is 392 g/mol. The number of nitrogens with two attached hydrogens (primary N) is 1. The van der Waals surface area contributed by atoms with Crippen LogP contribution in [0.25, 0.3) is 0 Å². The van der Waals surface area contributed by atoms with Crippen molar-refractivity contribution in [2.45, 2.75) is 39.0 Å². The largest absolute Gasteiger partial charge is 0.372 e. The molecule has 10 heteroatoms. The molecular formula is C17H24N6O3S. The van der Waals surface area contributed by atoms with Crippen LogP contribution < -0.4 is 11.1 Å². The molecular weight excluding hydrogens is 368 g/mol. The molecule has 0 radical (unpaired) electrons. The molecule has 1 aliphatic rings. The minimum absolute atomic E-state index is 0.0208. The minimum atomic E-state index is -0.309. The Balaban J connectivity index is 1.56. The SMILES string of the molecule is CC1CN(C(=O)Cn2cc(NC(=O)c3csc(CCN)n3)cn2)CC(C)O1. The summed E-state index contributed by atoms with van der Waals surface area (Å²) in [5.41, 5.74) is 6.37. The first-order chi connectivity index (χ1) is 12.9. The zero-order chi connectivity index (χ0) is 19.4. The third kappa shape index (κ3) is 5.12. The lowest BCUT2D eigenvalue weighted by molar-refractivity contribution is -0.144. The first-order valence-electron chi connectivity index (χ1n) is 8.86. The number of aromatic nitrogens is 3. The second-order valence-electron chi connectivity index (χ2n) is 6.60. The van der Waals surface area contributed by atoms with Crippen LogP contribution in [0.4, 0.5) is 5.69 Å². The third-order valence-electron chi connectivity index (χ3n) is 4.10. The van der Waals surface area contributed by atoms with Gasteiger partial charge >= 0.3 is 0 Å². The Morgan fingerprint density at radius 2 is 2.11 bits per heavy atom. The molecule has 1 fully saturated rings. The maximum atomic E-state index is 12.5. The fourth-order valence-corrected chi connectivity index (χ4v) is 3.78. The van der Waals surface area contributed by atoms with Crippen LogP contribution in [0.3, 0.4) is 0 Å². The summed E-state index contributed by atoms with van der Waals surface area (Å²) in [6.45, 7) is 5.67. The predicted octanol–water partition coefficient (Wildman–Crippen LogP) is 0.729. The van der Waals surface area contributed by atoms with Crippen LogP contribution in [-0.4, -0.2) is 63.3 Å². The van der Waals surface area contributed by atoms with Crippen LogP contribution in [0.15, 0.2) is 17.8 Å². The fourth-order valence-electron chi connectivity index (χ4n) is 2.98. The van der Waals surface area contributed by atoms with E-state index in [0.717, 1.165) is 5.01 Å². The molecule has 3 rings (SSSR count). The normalized spacial score (nSPS) is 19.9. The fraction of sp³-hybridized carbons (Fsp3) is 0.529. The number of hydrogen-bond donors (Lipinski definition) is 2. The van der Waals surface area contributed by atoms with Crippen LogP contribution in [0.1, 0.15) is 29.3 Å². The van der Waals surface area contributed by atoms with Crippen molar-refractivity contribution in [1.29, 1.82) is 0 Å². The molecule has 2 aromatic heterocycles. The number of thiazole rings is 1. The van der Waals surface area contributed by atoms with Gasteiger partial charge in [0.05, 0.1) is 29.1 Å². The van der Waals surface area contributed by atoms with Crippen LogP contribution >= 0.6 is 11.3 Å². The van der Waals surface area contributed by atoms with E-state index in [9.17, 15) is 9.59 Å². The molecule has 3 N–H and O–H groups in total. The minimum Gasteiger partial charge on any atom is -0.372 e. The highest BCUT2D eigenvalue weighted by Gasteiger charge is 2.26. The van der Waals surface area contributed by atoms with Gasteiger partial charge in [-0.25, -0.2) is 4.98 Å². The van der Waals surface area contributed by atoms with Gasteiger partial charge in [0, 0.05) is 31.1 Å². The molecule has 0 aliphatic carbocycles. The summed E-state index contributed by atoms with van der Waals surface area (Å²) in [5, 5.41) is 9.44. The van der Waals surface area contributed by atoms with E-state index in [1.165, 1.54) is 22.2 Å². The highest BCUT2D eigenvalue weighted by molar-refractivity contribution is 7.09. The lowest BCUT2D eigenvalue weighted by atomic mass is 10.2. The van der Waals surface area contributed by atoms with Crippen molar-refractivity contribution in [1.82, 2.24) is 19.7 Å². The van der Waals surface area contributed by atoms with Gasteiger partial charge in [-0.05, 0) is 20.4 Å². The predicted molar refractivity (Wildman–Crippen MR) is 102 cm³/mol.